The van der Waals surface area contributed by atoms with Crippen molar-refractivity contribution in [1.29, 1.82) is 5.26 Å². The molecule has 0 spiro atoms. The molecule has 42 heavy (non-hydrogen) atoms. The molecule has 1 aromatic heterocycles. The first-order chi connectivity index (χ1) is 20.8. The zero-order valence-electron chi connectivity index (χ0n) is 22.8. The molecule has 2 heteroatoms. The average Bonchev–Trinajstić information content (AvgIpc) is 3.07. The van der Waals surface area contributed by atoms with Crippen molar-refractivity contribution in [2.24, 2.45) is 0 Å². The van der Waals surface area contributed by atoms with Gasteiger partial charge in [0.25, 0.3) is 0 Å². The standard InChI is InChI=1S/C40H24N2/c41-25-26-12-14-27(15-13-26)32-8-5-9-33(24-32)28-16-18-31(19-17-28)38-36-22-20-29-6-1-3-10-34(29)39(36)42-40-35-11-4-2-7-30(35)21-23-37(38)40/h1-24H. The van der Waals surface area contributed by atoms with Crippen molar-refractivity contribution >= 4 is 43.4 Å². The van der Waals surface area contributed by atoms with Gasteiger partial charge < -0.3 is 0 Å². The Morgan fingerprint density at radius 1 is 0.405 bits per heavy atom. The van der Waals surface area contributed by atoms with Crippen LogP contribution >= 0.6 is 0 Å². The number of rotatable bonds is 3. The number of benzene rings is 7. The Kier molecular flexibility index (Phi) is 5.55. The van der Waals surface area contributed by atoms with E-state index in [0.29, 0.717) is 5.56 Å². The number of hydrogen-bond donors (Lipinski definition) is 0. The third-order valence-corrected chi connectivity index (χ3v) is 8.28. The van der Waals surface area contributed by atoms with Crippen LogP contribution in [0.4, 0.5) is 0 Å². The minimum Gasteiger partial charge on any atom is -0.246 e. The minimum atomic E-state index is 0.669. The molecule has 0 aliphatic rings. The van der Waals surface area contributed by atoms with Gasteiger partial charge in [-0.2, -0.15) is 5.26 Å². The van der Waals surface area contributed by atoms with E-state index in [2.05, 4.69) is 127 Å². The number of hydrogen-bond acceptors (Lipinski definition) is 2. The molecular formula is C40H24N2. The molecule has 8 aromatic rings. The van der Waals surface area contributed by atoms with Crippen molar-refractivity contribution in [2.75, 3.05) is 0 Å². The van der Waals surface area contributed by atoms with E-state index in [-0.39, 0.29) is 0 Å². The topological polar surface area (TPSA) is 36.7 Å². The molecule has 7 aromatic carbocycles. The lowest BCUT2D eigenvalue weighted by Crippen LogP contribution is -1.92. The molecule has 8 rings (SSSR count). The average molecular weight is 533 g/mol. The van der Waals surface area contributed by atoms with Crippen LogP contribution in [-0.2, 0) is 0 Å². The predicted molar refractivity (Wildman–Crippen MR) is 175 cm³/mol. The number of fused-ring (bicyclic) bond motifs is 6. The lowest BCUT2D eigenvalue weighted by molar-refractivity contribution is 1.48. The van der Waals surface area contributed by atoms with E-state index in [1.165, 1.54) is 32.7 Å². The molecule has 0 bridgehead atoms. The molecule has 0 aliphatic heterocycles. The van der Waals surface area contributed by atoms with E-state index >= 15 is 0 Å². The summed E-state index contributed by atoms with van der Waals surface area (Å²) in [6.45, 7) is 0. The predicted octanol–water partition coefficient (Wildman–Crippen LogP) is 10.6. The van der Waals surface area contributed by atoms with Gasteiger partial charge in [0.2, 0.25) is 0 Å². The van der Waals surface area contributed by atoms with Gasteiger partial charge in [0.1, 0.15) is 0 Å². The lowest BCUT2D eigenvalue weighted by atomic mass is 9.91. The van der Waals surface area contributed by atoms with E-state index in [1.807, 2.05) is 24.3 Å². The Morgan fingerprint density at radius 2 is 0.905 bits per heavy atom. The van der Waals surface area contributed by atoms with Gasteiger partial charge in [-0.15, -0.1) is 0 Å². The van der Waals surface area contributed by atoms with E-state index in [1.54, 1.807) is 0 Å². The molecule has 0 atom stereocenters. The maximum atomic E-state index is 9.15. The Balaban J connectivity index is 1.31. The van der Waals surface area contributed by atoms with E-state index in [0.717, 1.165) is 44.1 Å². The van der Waals surface area contributed by atoms with Gasteiger partial charge in [0, 0.05) is 27.1 Å². The number of nitrogens with zero attached hydrogens (tertiary/aromatic N) is 2. The Morgan fingerprint density at radius 3 is 1.45 bits per heavy atom. The van der Waals surface area contributed by atoms with Gasteiger partial charge in [-0.1, -0.05) is 127 Å². The summed E-state index contributed by atoms with van der Waals surface area (Å²) in [7, 11) is 0. The molecule has 0 N–H and O–H groups in total. The van der Waals surface area contributed by atoms with Gasteiger partial charge in [-0.25, -0.2) is 4.98 Å². The fourth-order valence-electron chi connectivity index (χ4n) is 6.17. The highest BCUT2D eigenvalue weighted by molar-refractivity contribution is 6.21. The monoisotopic (exact) mass is 532 g/mol. The van der Waals surface area contributed by atoms with E-state index in [9.17, 15) is 0 Å². The van der Waals surface area contributed by atoms with Crippen LogP contribution in [-0.4, -0.2) is 4.98 Å². The SMILES string of the molecule is N#Cc1ccc(-c2cccc(-c3ccc(-c4c5ccc6ccccc6c5nc5c4ccc4ccccc45)cc3)c2)cc1. The van der Waals surface area contributed by atoms with Crippen LogP contribution in [0.5, 0.6) is 0 Å². The van der Waals surface area contributed by atoms with Crippen molar-refractivity contribution in [3.63, 3.8) is 0 Å². The summed E-state index contributed by atoms with van der Waals surface area (Å²) in [6, 6.07) is 53.3. The van der Waals surface area contributed by atoms with Crippen LogP contribution in [0.3, 0.4) is 0 Å². The van der Waals surface area contributed by atoms with Crippen molar-refractivity contribution in [3.8, 4) is 39.4 Å². The van der Waals surface area contributed by atoms with Crippen LogP contribution in [0.25, 0.3) is 76.7 Å². The third kappa shape index (κ3) is 3.91. The van der Waals surface area contributed by atoms with Crippen molar-refractivity contribution in [3.05, 3.63) is 151 Å². The maximum absolute atomic E-state index is 9.15. The zero-order valence-corrected chi connectivity index (χ0v) is 22.8. The molecule has 0 saturated carbocycles. The minimum absolute atomic E-state index is 0.669. The van der Waals surface area contributed by atoms with E-state index < -0.39 is 0 Å². The molecule has 2 nitrogen and oxygen atoms in total. The summed E-state index contributed by atoms with van der Waals surface area (Å²) in [5, 5.41) is 16.2. The van der Waals surface area contributed by atoms with E-state index in [4.69, 9.17) is 10.2 Å². The highest BCUT2D eigenvalue weighted by atomic mass is 14.7. The lowest BCUT2D eigenvalue weighted by Gasteiger charge is -2.15. The third-order valence-electron chi connectivity index (χ3n) is 8.28. The summed E-state index contributed by atoms with van der Waals surface area (Å²) in [6.07, 6.45) is 0. The summed E-state index contributed by atoms with van der Waals surface area (Å²) in [4.78, 5) is 5.32. The molecular weight excluding hydrogens is 508 g/mol. The second kappa shape index (κ2) is 9.70. The van der Waals surface area contributed by atoms with Crippen LogP contribution in [0.2, 0.25) is 0 Å². The van der Waals surface area contributed by atoms with Crippen LogP contribution < -0.4 is 0 Å². The first kappa shape index (κ1) is 24.1. The zero-order chi connectivity index (χ0) is 28.0. The van der Waals surface area contributed by atoms with Crippen LogP contribution in [0, 0.1) is 11.3 Å². The quantitative estimate of drug-likeness (QED) is 0.168. The van der Waals surface area contributed by atoms with Crippen molar-refractivity contribution in [1.82, 2.24) is 4.98 Å². The summed E-state index contributed by atoms with van der Waals surface area (Å²) in [5.74, 6) is 0. The van der Waals surface area contributed by atoms with Gasteiger partial charge >= 0.3 is 0 Å². The van der Waals surface area contributed by atoms with Gasteiger partial charge in [-0.05, 0) is 56.8 Å². The Hall–Kier alpha value is -5.78. The molecule has 0 fully saturated rings. The number of aromatic nitrogens is 1. The first-order valence-electron chi connectivity index (χ1n) is 14.1. The smallest absolute Gasteiger partial charge is 0.0991 e. The maximum Gasteiger partial charge on any atom is 0.0991 e. The fraction of sp³-hybridized carbons (Fsp3) is 0. The number of pyridine rings is 1. The van der Waals surface area contributed by atoms with Gasteiger partial charge in [0.15, 0.2) is 0 Å². The largest absolute Gasteiger partial charge is 0.246 e. The highest BCUT2D eigenvalue weighted by Gasteiger charge is 2.15. The molecule has 0 aliphatic carbocycles. The first-order valence-corrected chi connectivity index (χ1v) is 14.1. The summed E-state index contributed by atoms with van der Waals surface area (Å²) in [5.41, 5.74) is 9.67. The van der Waals surface area contributed by atoms with Crippen molar-refractivity contribution in [2.45, 2.75) is 0 Å². The fourth-order valence-corrected chi connectivity index (χ4v) is 6.17. The molecule has 0 saturated heterocycles. The molecule has 0 radical (unpaired) electrons. The molecule has 194 valence electrons. The summed E-state index contributed by atoms with van der Waals surface area (Å²) >= 11 is 0. The van der Waals surface area contributed by atoms with Gasteiger partial charge in [-0.3, -0.25) is 0 Å². The number of nitriles is 1. The Bertz CT molecular complexity index is 2250. The molecule has 0 unspecified atom stereocenters. The molecule has 1 heterocycles. The molecule has 0 amide bonds. The van der Waals surface area contributed by atoms with Crippen molar-refractivity contribution < 1.29 is 0 Å². The van der Waals surface area contributed by atoms with Gasteiger partial charge in [0.05, 0.1) is 22.7 Å². The summed E-state index contributed by atoms with van der Waals surface area (Å²) < 4.78 is 0. The second-order valence-corrected chi connectivity index (χ2v) is 10.7. The normalized spacial score (nSPS) is 11.3. The highest BCUT2D eigenvalue weighted by Crippen LogP contribution is 2.40. The van der Waals surface area contributed by atoms with Crippen LogP contribution in [0.15, 0.2) is 146 Å². The van der Waals surface area contributed by atoms with Crippen LogP contribution in [0.1, 0.15) is 5.56 Å². The Labute approximate surface area is 243 Å². The second-order valence-electron chi connectivity index (χ2n) is 10.7.